The van der Waals surface area contributed by atoms with Gasteiger partial charge in [0.15, 0.2) is 0 Å². The molecule has 1 aromatic rings. The number of ether oxygens (including phenoxy) is 2. The first-order valence-electron chi connectivity index (χ1n) is 7.30. The quantitative estimate of drug-likeness (QED) is 0.519. The predicted octanol–water partition coefficient (Wildman–Crippen LogP) is 1.28. The number of benzene rings is 1. The summed E-state index contributed by atoms with van der Waals surface area (Å²) in [6.07, 6.45) is -1.25. The molecule has 0 saturated carbocycles. The van der Waals surface area contributed by atoms with Gasteiger partial charge in [0.05, 0.1) is 5.56 Å². The van der Waals surface area contributed by atoms with Crippen molar-refractivity contribution in [2.45, 2.75) is 45.6 Å². The van der Waals surface area contributed by atoms with Crippen molar-refractivity contribution in [1.29, 1.82) is 0 Å². The molecule has 1 rings (SSSR count). The molecule has 2 unspecified atom stereocenters. The Labute approximate surface area is 131 Å². The highest BCUT2D eigenvalue weighted by molar-refractivity contribution is 5.89. The highest BCUT2D eigenvalue weighted by Crippen LogP contribution is 2.13. The molecule has 6 heteroatoms. The van der Waals surface area contributed by atoms with Crippen molar-refractivity contribution >= 4 is 5.97 Å². The summed E-state index contributed by atoms with van der Waals surface area (Å²) in [5, 5.41) is 13.0. The van der Waals surface area contributed by atoms with Crippen molar-refractivity contribution in [3.8, 4) is 5.75 Å². The van der Waals surface area contributed by atoms with Crippen molar-refractivity contribution in [3.63, 3.8) is 0 Å². The minimum absolute atomic E-state index is 0.0525. The van der Waals surface area contributed by atoms with Crippen LogP contribution in [-0.2, 0) is 4.74 Å². The third-order valence-electron chi connectivity index (χ3n) is 2.69. The second kappa shape index (κ2) is 8.12. The minimum atomic E-state index is -0.645. The molecule has 0 fully saturated rings. The van der Waals surface area contributed by atoms with Gasteiger partial charge in [-0.2, -0.15) is 0 Å². The molecule has 0 bridgehead atoms. The molecule has 124 valence electrons. The van der Waals surface area contributed by atoms with Gasteiger partial charge >= 0.3 is 5.97 Å². The van der Waals surface area contributed by atoms with Crippen LogP contribution in [0.4, 0.5) is 0 Å². The second-order valence-corrected chi connectivity index (χ2v) is 6.23. The maximum atomic E-state index is 11.6. The SMILES string of the molecule is CC(N)OC(=O)c1ccc(OCC(O)CNC(C)(C)C)cc1. The van der Waals surface area contributed by atoms with E-state index in [9.17, 15) is 9.90 Å². The van der Waals surface area contributed by atoms with Gasteiger partial charge in [-0.05, 0) is 52.0 Å². The second-order valence-electron chi connectivity index (χ2n) is 6.23. The number of aliphatic hydroxyl groups is 1. The first-order chi connectivity index (χ1) is 10.2. The van der Waals surface area contributed by atoms with Gasteiger partial charge in [0.25, 0.3) is 0 Å². The van der Waals surface area contributed by atoms with Gasteiger partial charge in [0, 0.05) is 12.1 Å². The fourth-order valence-corrected chi connectivity index (χ4v) is 1.60. The molecule has 0 spiro atoms. The summed E-state index contributed by atoms with van der Waals surface area (Å²) in [4.78, 5) is 11.6. The van der Waals surface area contributed by atoms with Crippen LogP contribution in [0.15, 0.2) is 24.3 Å². The molecule has 0 amide bonds. The van der Waals surface area contributed by atoms with Crippen LogP contribution in [0.25, 0.3) is 0 Å². The van der Waals surface area contributed by atoms with Crippen molar-refractivity contribution in [1.82, 2.24) is 5.32 Å². The lowest BCUT2D eigenvalue weighted by atomic mass is 10.1. The average Bonchev–Trinajstić information content (AvgIpc) is 2.42. The van der Waals surface area contributed by atoms with Crippen LogP contribution in [-0.4, -0.2) is 42.1 Å². The molecular weight excluding hydrogens is 284 g/mol. The molecule has 0 radical (unpaired) electrons. The Bertz CT molecular complexity index is 466. The number of aliphatic hydroxyl groups excluding tert-OH is 1. The fraction of sp³-hybridized carbons (Fsp3) is 0.562. The van der Waals surface area contributed by atoms with E-state index < -0.39 is 18.3 Å². The Hall–Kier alpha value is -1.63. The first-order valence-corrected chi connectivity index (χ1v) is 7.30. The molecule has 0 aliphatic heterocycles. The van der Waals surface area contributed by atoms with Crippen molar-refractivity contribution < 1.29 is 19.4 Å². The average molecular weight is 310 g/mol. The minimum Gasteiger partial charge on any atom is -0.491 e. The molecule has 0 saturated heterocycles. The fourth-order valence-electron chi connectivity index (χ4n) is 1.60. The lowest BCUT2D eigenvalue weighted by Crippen LogP contribution is -2.42. The van der Waals surface area contributed by atoms with Crippen LogP contribution in [0.5, 0.6) is 5.75 Å². The monoisotopic (exact) mass is 310 g/mol. The van der Waals surface area contributed by atoms with E-state index in [1.807, 2.05) is 20.8 Å². The van der Waals surface area contributed by atoms with Crippen LogP contribution in [0, 0.1) is 0 Å². The Balaban J connectivity index is 2.43. The predicted molar refractivity (Wildman–Crippen MR) is 84.8 cm³/mol. The Kier molecular flexibility index (Phi) is 6.80. The molecule has 22 heavy (non-hydrogen) atoms. The molecule has 1 aromatic carbocycles. The Morgan fingerprint density at radius 2 is 1.91 bits per heavy atom. The van der Waals surface area contributed by atoms with E-state index in [0.29, 0.717) is 17.9 Å². The van der Waals surface area contributed by atoms with Gasteiger partial charge in [0.1, 0.15) is 24.7 Å². The molecule has 0 aliphatic carbocycles. The maximum Gasteiger partial charge on any atom is 0.339 e. The van der Waals surface area contributed by atoms with Gasteiger partial charge < -0.3 is 19.9 Å². The van der Waals surface area contributed by atoms with Gasteiger partial charge in [-0.25, -0.2) is 4.79 Å². The Morgan fingerprint density at radius 3 is 2.41 bits per heavy atom. The van der Waals surface area contributed by atoms with Crippen molar-refractivity contribution in [3.05, 3.63) is 29.8 Å². The largest absolute Gasteiger partial charge is 0.491 e. The zero-order chi connectivity index (χ0) is 16.8. The summed E-state index contributed by atoms with van der Waals surface area (Å²) < 4.78 is 10.4. The zero-order valence-corrected chi connectivity index (χ0v) is 13.6. The standard InChI is InChI=1S/C16H26N2O4/c1-11(17)22-15(20)12-5-7-14(8-6-12)21-10-13(19)9-18-16(2,3)4/h5-8,11,13,18-19H,9-10,17H2,1-4H3. The van der Waals surface area contributed by atoms with Gasteiger partial charge in [0.2, 0.25) is 0 Å². The van der Waals surface area contributed by atoms with E-state index in [1.165, 1.54) is 0 Å². The lowest BCUT2D eigenvalue weighted by molar-refractivity contribution is 0.0355. The highest BCUT2D eigenvalue weighted by Gasteiger charge is 2.13. The van der Waals surface area contributed by atoms with Crippen molar-refractivity contribution in [2.75, 3.05) is 13.2 Å². The number of hydrogen-bond donors (Lipinski definition) is 3. The number of esters is 1. The highest BCUT2D eigenvalue weighted by atomic mass is 16.6. The number of nitrogens with two attached hydrogens (primary N) is 1. The van der Waals surface area contributed by atoms with E-state index in [4.69, 9.17) is 15.2 Å². The zero-order valence-electron chi connectivity index (χ0n) is 13.6. The summed E-state index contributed by atoms with van der Waals surface area (Å²) in [5.41, 5.74) is 5.75. The van der Waals surface area contributed by atoms with E-state index >= 15 is 0 Å². The van der Waals surface area contributed by atoms with E-state index in [-0.39, 0.29) is 12.1 Å². The van der Waals surface area contributed by atoms with Gasteiger partial charge in [-0.15, -0.1) is 0 Å². The third-order valence-corrected chi connectivity index (χ3v) is 2.69. The topological polar surface area (TPSA) is 93.8 Å². The van der Waals surface area contributed by atoms with E-state index in [2.05, 4.69) is 5.32 Å². The molecular formula is C16H26N2O4. The smallest absolute Gasteiger partial charge is 0.339 e. The number of carbonyl (C=O) groups excluding carboxylic acids is 1. The van der Waals surface area contributed by atoms with Crippen LogP contribution in [0.3, 0.4) is 0 Å². The summed E-state index contributed by atoms with van der Waals surface area (Å²) in [7, 11) is 0. The molecule has 2 atom stereocenters. The summed E-state index contributed by atoms with van der Waals surface area (Å²) in [6.45, 7) is 8.29. The number of rotatable bonds is 7. The van der Waals surface area contributed by atoms with E-state index in [1.54, 1.807) is 31.2 Å². The van der Waals surface area contributed by atoms with Crippen LogP contribution in [0.2, 0.25) is 0 Å². The van der Waals surface area contributed by atoms with Crippen molar-refractivity contribution in [2.24, 2.45) is 5.73 Å². The third kappa shape index (κ3) is 7.40. The van der Waals surface area contributed by atoms with Crippen LogP contribution >= 0.6 is 0 Å². The maximum absolute atomic E-state index is 11.6. The van der Waals surface area contributed by atoms with Crippen LogP contribution < -0.4 is 15.8 Å². The van der Waals surface area contributed by atoms with Gasteiger partial charge in [-0.1, -0.05) is 0 Å². The normalized spacial score (nSPS) is 14.3. The first kappa shape index (κ1) is 18.4. The molecule has 0 heterocycles. The molecule has 0 aliphatic rings. The molecule has 0 aromatic heterocycles. The molecule has 4 N–H and O–H groups in total. The summed E-state index contributed by atoms with van der Waals surface area (Å²) >= 11 is 0. The summed E-state index contributed by atoms with van der Waals surface area (Å²) in [5.74, 6) is 0.100. The Morgan fingerprint density at radius 1 is 1.32 bits per heavy atom. The lowest BCUT2D eigenvalue weighted by Gasteiger charge is -2.22. The number of nitrogens with one attached hydrogen (secondary N) is 1. The number of carbonyl (C=O) groups is 1. The number of hydrogen-bond acceptors (Lipinski definition) is 6. The van der Waals surface area contributed by atoms with Crippen LogP contribution in [0.1, 0.15) is 38.1 Å². The number of β-amino-alcohol motifs (C(OH)–C–C–N with tert-alkyl or cyclic N) is 1. The molecule has 6 nitrogen and oxygen atoms in total. The summed E-state index contributed by atoms with van der Waals surface area (Å²) in [6, 6.07) is 6.50. The van der Waals surface area contributed by atoms with Gasteiger partial charge in [-0.3, -0.25) is 5.73 Å². The van der Waals surface area contributed by atoms with E-state index in [0.717, 1.165) is 0 Å².